The summed E-state index contributed by atoms with van der Waals surface area (Å²) in [5, 5.41) is 33.9. The summed E-state index contributed by atoms with van der Waals surface area (Å²) in [5.74, 6) is 0. The fraction of sp³-hybridized carbons (Fsp3) is 0.667. The van der Waals surface area contributed by atoms with Gasteiger partial charge in [-0.25, -0.2) is 0 Å². The second-order valence-corrected chi connectivity index (χ2v) is 1.88. The molecule has 2 atom stereocenters. The minimum absolute atomic E-state index is 0.380. The highest BCUT2D eigenvalue weighted by Crippen LogP contribution is 1.88. The van der Waals surface area contributed by atoms with Gasteiger partial charge < -0.3 is 20.4 Å². The SMILES string of the molecule is OC[C@@H](O)C=C[C@H](O)CO. The zero-order valence-electron chi connectivity index (χ0n) is 5.51. The lowest BCUT2D eigenvalue weighted by Gasteiger charge is -2.01. The molecule has 0 rings (SSSR count). The van der Waals surface area contributed by atoms with Crippen molar-refractivity contribution in [1.82, 2.24) is 0 Å². The third-order valence-corrected chi connectivity index (χ3v) is 0.930. The van der Waals surface area contributed by atoms with E-state index in [1.807, 2.05) is 0 Å². The van der Waals surface area contributed by atoms with E-state index in [1.54, 1.807) is 0 Å². The van der Waals surface area contributed by atoms with E-state index in [4.69, 9.17) is 20.4 Å². The van der Waals surface area contributed by atoms with Crippen LogP contribution in [0.25, 0.3) is 0 Å². The Labute approximate surface area is 59.1 Å². The van der Waals surface area contributed by atoms with Gasteiger partial charge in [0.2, 0.25) is 0 Å². The molecule has 0 aliphatic rings. The highest BCUT2D eigenvalue weighted by atomic mass is 16.3. The molecule has 0 amide bonds. The molecule has 0 unspecified atom stereocenters. The molecule has 0 radical (unpaired) electrons. The van der Waals surface area contributed by atoms with Crippen LogP contribution >= 0.6 is 0 Å². The summed E-state index contributed by atoms with van der Waals surface area (Å²) in [6.45, 7) is -0.761. The molecular formula is C6H12O4. The number of rotatable bonds is 4. The smallest absolute Gasteiger partial charge is 0.0952 e. The molecule has 4 heteroatoms. The first-order valence-electron chi connectivity index (χ1n) is 2.97. The minimum atomic E-state index is -0.957. The van der Waals surface area contributed by atoms with Crippen LogP contribution in [0.2, 0.25) is 0 Å². The predicted octanol–water partition coefficient (Wildman–Crippen LogP) is -1.75. The molecule has 0 aromatic carbocycles. The minimum Gasteiger partial charge on any atom is -0.393 e. The third kappa shape index (κ3) is 4.46. The van der Waals surface area contributed by atoms with Crippen molar-refractivity contribution in [2.24, 2.45) is 0 Å². The second-order valence-electron chi connectivity index (χ2n) is 1.88. The Morgan fingerprint density at radius 3 is 1.40 bits per heavy atom. The van der Waals surface area contributed by atoms with Gasteiger partial charge in [0.05, 0.1) is 25.4 Å². The third-order valence-electron chi connectivity index (χ3n) is 0.930. The molecular weight excluding hydrogens is 136 g/mol. The van der Waals surface area contributed by atoms with Crippen LogP contribution in [0.4, 0.5) is 0 Å². The topological polar surface area (TPSA) is 80.9 Å². The van der Waals surface area contributed by atoms with E-state index in [0.717, 1.165) is 0 Å². The van der Waals surface area contributed by atoms with Crippen molar-refractivity contribution in [3.05, 3.63) is 12.2 Å². The molecule has 0 aliphatic heterocycles. The Morgan fingerprint density at radius 1 is 0.900 bits per heavy atom. The van der Waals surface area contributed by atoms with Crippen LogP contribution in [-0.2, 0) is 0 Å². The van der Waals surface area contributed by atoms with E-state index < -0.39 is 12.2 Å². The molecule has 0 bridgehead atoms. The Kier molecular flexibility index (Phi) is 5.15. The van der Waals surface area contributed by atoms with Gasteiger partial charge in [-0.15, -0.1) is 0 Å². The van der Waals surface area contributed by atoms with Gasteiger partial charge in [0, 0.05) is 0 Å². The summed E-state index contributed by atoms with van der Waals surface area (Å²) in [4.78, 5) is 0. The first-order valence-corrected chi connectivity index (χ1v) is 2.97. The number of hydrogen-bond acceptors (Lipinski definition) is 4. The Balaban J connectivity index is 3.52. The Morgan fingerprint density at radius 2 is 1.20 bits per heavy atom. The molecule has 0 aliphatic carbocycles. The number of aliphatic hydroxyl groups excluding tert-OH is 4. The van der Waals surface area contributed by atoms with Gasteiger partial charge in [-0.2, -0.15) is 0 Å². The fourth-order valence-electron chi connectivity index (χ4n) is 0.378. The van der Waals surface area contributed by atoms with E-state index in [0.29, 0.717) is 0 Å². The molecule has 0 aromatic heterocycles. The van der Waals surface area contributed by atoms with Crippen molar-refractivity contribution in [1.29, 1.82) is 0 Å². The van der Waals surface area contributed by atoms with Crippen LogP contribution in [-0.4, -0.2) is 45.8 Å². The maximum atomic E-state index is 8.67. The van der Waals surface area contributed by atoms with Gasteiger partial charge in [0.25, 0.3) is 0 Å². The van der Waals surface area contributed by atoms with Crippen molar-refractivity contribution in [2.75, 3.05) is 13.2 Å². The maximum Gasteiger partial charge on any atom is 0.0952 e. The first kappa shape index (κ1) is 9.58. The van der Waals surface area contributed by atoms with Crippen molar-refractivity contribution in [2.45, 2.75) is 12.2 Å². The summed E-state index contributed by atoms with van der Waals surface area (Å²) >= 11 is 0. The summed E-state index contributed by atoms with van der Waals surface area (Å²) in [5.41, 5.74) is 0. The van der Waals surface area contributed by atoms with Crippen molar-refractivity contribution in [3.63, 3.8) is 0 Å². The lowest BCUT2D eigenvalue weighted by Crippen LogP contribution is -2.12. The molecule has 4 N–H and O–H groups in total. The molecule has 0 saturated heterocycles. The Bertz CT molecular complexity index is 89.9. The van der Waals surface area contributed by atoms with Gasteiger partial charge in [0.15, 0.2) is 0 Å². The summed E-state index contributed by atoms with van der Waals surface area (Å²) in [7, 11) is 0. The Hall–Kier alpha value is -0.420. The fourth-order valence-corrected chi connectivity index (χ4v) is 0.378. The second kappa shape index (κ2) is 5.37. The lowest BCUT2D eigenvalue weighted by molar-refractivity contribution is 0.119. The van der Waals surface area contributed by atoms with Gasteiger partial charge in [0.1, 0.15) is 0 Å². The summed E-state index contributed by atoms with van der Waals surface area (Å²) in [6.07, 6.45) is 0.532. The standard InChI is InChI=1S/C6H12O4/c7-3-5(9)1-2-6(10)4-8/h1-2,5-10H,3-4H2/t5-,6-/m0/s1. The van der Waals surface area contributed by atoms with Crippen LogP contribution in [0.1, 0.15) is 0 Å². The molecule has 0 fully saturated rings. The number of hydrogen-bond donors (Lipinski definition) is 4. The molecule has 60 valence electrons. The van der Waals surface area contributed by atoms with Crippen molar-refractivity contribution >= 4 is 0 Å². The molecule has 10 heavy (non-hydrogen) atoms. The van der Waals surface area contributed by atoms with Gasteiger partial charge in [-0.3, -0.25) is 0 Å². The van der Waals surface area contributed by atoms with E-state index in [-0.39, 0.29) is 13.2 Å². The largest absolute Gasteiger partial charge is 0.393 e. The van der Waals surface area contributed by atoms with Crippen LogP contribution in [0.3, 0.4) is 0 Å². The summed E-state index contributed by atoms with van der Waals surface area (Å²) < 4.78 is 0. The highest BCUT2D eigenvalue weighted by molar-refractivity contribution is 4.92. The quantitative estimate of drug-likeness (QED) is 0.356. The molecule has 0 heterocycles. The average Bonchev–Trinajstić information content (AvgIpc) is 1.99. The van der Waals surface area contributed by atoms with E-state index in [2.05, 4.69) is 0 Å². The number of aliphatic hydroxyl groups is 4. The maximum absolute atomic E-state index is 8.67. The monoisotopic (exact) mass is 148 g/mol. The van der Waals surface area contributed by atoms with Crippen molar-refractivity contribution in [3.8, 4) is 0 Å². The normalized spacial score (nSPS) is 17.6. The van der Waals surface area contributed by atoms with Crippen molar-refractivity contribution < 1.29 is 20.4 Å². The van der Waals surface area contributed by atoms with E-state index in [1.165, 1.54) is 12.2 Å². The predicted molar refractivity (Wildman–Crippen MR) is 35.3 cm³/mol. The van der Waals surface area contributed by atoms with E-state index in [9.17, 15) is 0 Å². The van der Waals surface area contributed by atoms with Crippen LogP contribution in [0, 0.1) is 0 Å². The van der Waals surface area contributed by atoms with Gasteiger partial charge >= 0.3 is 0 Å². The zero-order chi connectivity index (χ0) is 7.98. The first-order chi connectivity index (χ1) is 4.70. The average molecular weight is 148 g/mol. The highest BCUT2D eigenvalue weighted by Gasteiger charge is 1.97. The summed E-state index contributed by atoms with van der Waals surface area (Å²) in [6, 6.07) is 0. The zero-order valence-corrected chi connectivity index (χ0v) is 5.51. The van der Waals surface area contributed by atoms with Gasteiger partial charge in [-0.05, 0) is 0 Å². The van der Waals surface area contributed by atoms with Crippen LogP contribution < -0.4 is 0 Å². The van der Waals surface area contributed by atoms with Crippen LogP contribution in [0.5, 0.6) is 0 Å². The van der Waals surface area contributed by atoms with Gasteiger partial charge in [-0.1, -0.05) is 12.2 Å². The molecule has 0 saturated carbocycles. The van der Waals surface area contributed by atoms with Crippen LogP contribution in [0.15, 0.2) is 12.2 Å². The lowest BCUT2D eigenvalue weighted by atomic mass is 10.3. The molecule has 0 aromatic rings. The molecule has 4 nitrogen and oxygen atoms in total. The molecule has 0 spiro atoms. The van der Waals surface area contributed by atoms with E-state index >= 15 is 0 Å².